The highest BCUT2D eigenvalue weighted by Gasteiger charge is 2.30. The van der Waals surface area contributed by atoms with E-state index < -0.39 is 23.2 Å². The van der Waals surface area contributed by atoms with Gasteiger partial charge < -0.3 is 10.4 Å². The summed E-state index contributed by atoms with van der Waals surface area (Å²) < 4.78 is 13.5. The van der Waals surface area contributed by atoms with Gasteiger partial charge in [0.2, 0.25) is 0 Å². The van der Waals surface area contributed by atoms with Gasteiger partial charge in [0.05, 0.1) is 5.56 Å². The molecular formula is C12H14FNO3. The van der Waals surface area contributed by atoms with E-state index in [1.54, 1.807) is 13.0 Å². The molecule has 0 radical (unpaired) electrons. The van der Waals surface area contributed by atoms with Crippen molar-refractivity contribution >= 4 is 11.9 Å². The van der Waals surface area contributed by atoms with E-state index in [0.717, 1.165) is 0 Å². The molecule has 0 aliphatic carbocycles. The zero-order valence-corrected chi connectivity index (χ0v) is 9.87. The first kappa shape index (κ1) is 13.2. The van der Waals surface area contributed by atoms with Gasteiger partial charge in [-0.2, -0.15) is 0 Å². The average Bonchev–Trinajstić information content (AvgIpc) is 2.15. The summed E-state index contributed by atoms with van der Waals surface area (Å²) in [6.45, 7) is 4.37. The molecule has 5 heteroatoms. The van der Waals surface area contributed by atoms with Gasteiger partial charge in [-0.1, -0.05) is 6.07 Å². The van der Waals surface area contributed by atoms with Crippen molar-refractivity contribution < 1.29 is 19.1 Å². The highest BCUT2D eigenvalue weighted by atomic mass is 19.1. The van der Waals surface area contributed by atoms with Crippen molar-refractivity contribution in [1.29, 1.82) is 0 Å². The summed E-state index contributed by atoms with van der Waals surface area (Å²) in [6, 6.07) is 4.15. The van der Waals surface area contributed by atoms with Gasteiger partial charge in [0.1, 0.15) is 11.4 Å². The van der Waals surface area contributed by atoms with Crippen molar-refractivity contribution in [3.05, 3.63) is 35.1 Å². The third-order valence-electron chi connectivity index (χ3n) is 2.33. The van der Waals surface area contributed by atoms with Crippen LogP contribution < -0.4 is 5.32 Å². The molecular weight excluding hydrogens is 225 g/mol. The van der Waals surface area contributed by atoms with Gasteiger partial charge in [0.15, 0.2) is 0 Å². The molecule has 0 aliphatic rings. The second-order valence-electron chi connectivity index (χ2n) is 4.37. The molecule has 0 atom stereocenters. The Balaban J connectivity index is 2.95. The number of aliphatic carboxylic acids is 1. The zero-order chi connectivity index (χ0) is 13.2. The van der Waals surface area contributed by atoms with Gasteiger partial charge in [-0.3, -0.25) is 4.79 Å². The average molecular weight is 239 g/mol. The van der Waals surface area contributed by atoms with Crippen LogP contribution in [-0.4, -0.2) is 22.5 Å². The summed E-state index contributed by atoms with van der Waals surface area (Å²) in [6.07, 6.45) is 0. The van der Waals surface area contributed by atoms with Crippen molar-refractivity contribution in [2.24, 2.45) is 0 Å². The molecule has 0 bridgehead atoms. The van der Waals surface area contributed by atoms with E-state index in [2.05, 4.69) is 5.32 Å². The van der Waals surface area contributed by atoms with Crippen molar-refractivity contribution in [2.75, 3.05) is 0 Å². The van der Waals surface area contributed by atoms with Crippen LogP contribution in [0.15, 0.2) is 18.2 Å². The lowest BCUT2D eigenvalue weighted by molar-refractivity contribution is -0.143. The molecule has 17 heavy (non-hydrogen) atoms. The van der Waals surface area contributed by atoms with Gasteiger partial charge in [-0.05, 0) is 38.5 Å². The molecule has 0 fully saturated rings. The first-order chi connectivity index (χ1) is 7.74. The van der Waals surface area contributed by atoms with Crippen LogP contribution in [-0.2, 0) is 4.79 Å². The van der Waals surface area contributed by atoms with Crippen LogP contribution in [0.4, 0.5) is 4.39 Å². The Hall–Kier alpha value is -1.91. The van der Waals surface area contributed by atoms with E-state index in [-0.39, 0.29) is 5.56 Å². The number of nitrogens with one attached hydrogen (secondary N) is 1. The largest absolute Gasteiger partial charge is 0.480 e. The summed E-state index contributed by atoms with van der Waals surface area (Å²) >= 11 is 0. The van der Waals surface area contributed by atoms with E-state index in [9.17, 15) is 14.0 Å². The van der Waals surface area contributed by atoms with Crippen LogP contribution in [0.1, 0.15) is 29.8 Å². The lowest BCUT2D eigenvalue weighted by Crippen LogP contribution is -2.49. The van der Waals surface area contributed by atoms with Gasteiger partial charge in [0, 0.05) is 0 Å². The summed E-state index contributed by atoms with van der Waals surface area (Å²) in [7, 11) is 0. The highest BCUT2D eigenvalue weighted by molar-refractivity contribution is 5.97. The van der Waals surface area contributed by atoms with Crippen LogP contribution in [0.3, 0.4) is 0 Å². The molecule has 0 aliphatic heterocycles. The number of amides is 1. The molecule has 0 spiro atoms. The number of hydrogen-bond acceptors (Lipinski definition) is 2. The van der Waals surface area contributed by atoms with Crippen molar-refractivity contribution in [2.45, 2.75) is 26.3 Å². The molecule has 1 amide bonds. The number of carboxylic acid groups (broad SMARTS) is 1. The number of hydrogen-bond donors (Lipinski definition) is 2. The number of carbonyl (C=O) groups excluding carboxylic acids is 1. The quantitative estimate of drug-likeness (QED) is 0.844. The van der Waals surface area contributed by atoms with Gasteiger partial charge in [-0.15, -0.1) is 0 Å². The minimum absolute atomic E-state index is 0.162. The molecule has 92 valence electrons. The number of carboxylic acids is 1. The lowest BCUT2D eigenvalue weighted by Gasteiger charge is -2.21. The summed E-state index contributed by atoms with van der Waals surface area (Å²) in [4.78, 5) is 22.5. The Morgan fingerprint density at radius 2 is 1.94 bits per heavy atom. The number of rotatable bonds is 3. The van der Waals surface area contributed by atoms with E-state index >= 15 is 0 Å². The highest BCUT2D eigenvalue weighted by Crippen LogP contribution is 2.11. The maximum absolute atomic E-state index is 13.5. The summed E-state index contributed by atoms with van der Waals surface area (Å²) in [5.41, 5.74) is -0.907. The number of carbonyl (C=O) groups is 2. The topological polar surface area (TPSA) is 66.4 Å². The Morgan fingerprint density at radius 3 is 2.41 bits per heavy atom. The first-order valence-electron chi connectivity index (χ1n) is 5.06. The maximum Gasteiger partial charge on any atom is 0.328 e. The van der Waals surface area contributed by atoms with E-state index in [1.807, 2.05) is 0 Å². The Kier molecular flexibility index (Phi) is 3.50. The fourth-order valence-corrected chi connectivity index (χ4v) is 1.21. The van der Waals surface area contributed by atoms with Crippen molar-refractivity contribution in [3.8, 4) is 0 Å². The molecule has 0 saturated heterocycles. The number of halogens is 1. The minimum atomic E-state index is -1.44. The summed E-state index contributed by atoms with van der Waals surface area (Å²) in [5.74, 6) is -2.59. The molecule has 0 unspecified atom stereocenters. The van der Waals surface area contributed by atoms with Crippen molar-refractivity contribution in [1.82, 2.24) is 5.32 Å². The van der Waals surface area contributed by atoms with Crippen LogP contribution in [0.2, 0.25) is 0 Å². The Labute approximate surface area is 98.5 Å². The third kappa shape index (κ3) is 3.03. The standard InChI is InChI=1S/C12H14FNO3/c1-7-4-5-8(9(13)6-7)10(15)14-12(2,3)11(16)17/h4-6H,1-3H3,(H,14,15)(H,16,17). The molecule has 0 aromatic heterocycles. The second kappa shape index (κ2) is 4.53. The molecule has 2 N–H and O–H groups in total. The summed E-state index contributed by atoms with van der Waals surface area (Å²) in [5, 5.41) is 11.1. The molecule has 1 rings (SSSR count). The molecule has 1 aromatic carbocycles. The van der Waals surface area contributed by atoms with Crippen LogP contribution in [0.5, 0.6) is 0 Å². The number of aryl methyl sites for hydroxylation is 1. The zero-order valence-electron chi connectivity index (χ0n) is 9.87. The van der Waals surface area contributed by atoms with Crippen LogP contribution in [0, 0.1) is 12.7 Å². The van der Waals surface area contributed by atoms with E-state index in [1.165, 1.54) is 26.0 Å². The maximum atomic E-state index is 13.5. The van der Waals surface area contributed by atoms with Crippen LogP contribution >= 0.6 is 0 Å². The third-order valence-corrected chi connectivity index (χ3v) is 2.33. The Bertz CT molecular complexity index is 469. The van der Waals surface area contributed by atoms with Gasteiger partial charge in [0.25, 0.3) is 5.91 Å². The molecule has 1 aromatic rings. The molecule has 0 heterocycles. The predicted molar refractivity (Wildman–Crippen MR) is 60.3 cm³/mol. The monoisotopic (exact) mass is 239 g/mol. The number of benzene rings is 1. The predicted octanol–water partition coefficient (Wildman–Crippen LogP) is 1.73. The lowest BCUT2D eigenvalue weighted by atomic mass is 10.0. The van der Waals surface area contributed by atoms with E-state index in [0.29, 0.717) is 5.56 Å². The fraction of sp³-hybridized carbons (Fsp3) is 0.333. The Morgan fingerprint density at radius 1 is 1.35 bits per heavy atom. The van der Waals surface area contributed by atoms with E-state index in [4.69, 9.17) is 5.11 Å². The normalized spacial score (nSPS) is 11.1. The smallest absolute Gasteiger partial charge is 0.328 e. The van der Waals surface area contributed by atoms with Crippen molar-refractivity contribution in [3.63, 3.8) is 0 Å². The molecule has 4 nitrogen and oxygen atoms in total. The molecule has 0 saturated carbocycles. The second-order valence-corrected chi connectivity index (χ2v) is 4.37. The van der Waals surface area contributed by atoms with Crippen LogP contribution in [0.25, 0.3) is 0 Å². The SMILES string of the molecule is Cc1ccc(C(=O)NC(C)(C)C(=O)O)c(F)c1. The van der Waals surface area contributed by atoms with Gasteiger partial charge in [-0.25, -0.2) is 9.18 Å². The first-order valence-corrected chi connectivity index (χ1v) is 5.06. The fourth-order valence-electron chi connectivity index (χ4n) is 1.21. The van der Waals surface area contributed by atoms with Gasteiger partial charge >= 0.3 is 5.97 Å². The minimum Gasteiger partial charge on any atom is -0.480 e.